The maximum Gasteiger partial charge on any atom is 0.416 e. The van der Waals surface area contributed by atoms with Gasteiger partial charge in [0.25, 0.3) is 5.91 Å². The van der Waals surface area contributed by atoms with E-state index in [9.17, 15) is 26.7 Å². The number of carbonyl (C=O) groups is 1. The van der Waals surface area contributed by atoms with Crippen molar-refractivity contribution >= 4 is 17.2 Å². The van der Waals surface area contributed by atoms with Gasteiger partial charge in [-0.15, -0.1) is 0 Å². The number of alkyl halides is 3. The fourth-order valence-electron chi connectivity index (χ4n) is 3.03. The Morgan fingerprint density at radius 3 is 2.32 bits per heavy atom. The van der Waals surface area contributed by atoms with Gasteiger partial charge in [-0.1, -0.05) is 12.1 Å². The van der Waals surface area contributed by atoms with Gasteiger partial charge in [0.2, 0.25) is 0 Å². The van der Waals surface area contributed by atoms with E-state index in [-0.39, 0.29) is 11.4 Å². The van der Waals surface area contributed by atoms with Crippen LogP contribution in [0.15, 0.2) is 61.1 Å². The topological polar surface area (TPSA) is 50.5 Å². The summed E-state index contributed by atoms with van der Waals surface area (Å²) < 4.78 is 66.6. The molecule has 31 heavy (non-hydrogen) atoms. The Labute approximate surface area is 172 Å². The van der Waals surface area contributed by atoms with Crippen molar-refractivity contribution in [2.24, 2.45) is 0 Å². The number of nitrogens with zero attached hydrogens (tertiary/aromatic N) is 4. The molecule has 5 nitrogen and oxygen atoms in total. The van der Waals surface area contributed by atoms with E-state index >= 15 is 0 Å². The van der Waals surface area contributed by atoms with Gasteiger partial charge < -0.3 is 4.90 Å². The summed E-state index contributed by atoms with van der Waals surface area (Å²) in [5.41, 5.74) is 0.609. The highest BCUT2D eigenvalue weighted by molar-refractivity contribution is 6.04. The minimum atomic E-state index is -4.45. The highest BCUT2D eigenvalue weighted by Gasteiger charge is 2.30. The molecule has 0 aliphatic heterocycles. The maximum atomic E-state index is 13.5. The molecular weight excluding hydrogens is 419 g/mol. The molecule has 4 rings (SSSR count). The third-order valence-corrected chi connectivity index (χ3v) is 4.72. The van der Waals surface area contributed by atoms with Crippen LogP contribution in [-0.2, 0) is 6.18 Å². The van der Waals surface area contributed by atoms with Gasteiger partial charge in [-0.05, 0) is 24.3 Å². The number of hydrogen-bond donors (Lipinski definition) is 0. The fourth-order valence-corrected chi connectivity index (χ4v) is 3.03. The molecule has 2 aromatic heterocycles. The van der Waals surface area contributed by atoms with Crippen LogP contribution < -0.4 is 4.90 Å². The standard InChI is InChI=1S/C21H13F5N4O/c1-29(14-6-7-15(22)16(23)8-14)20(31)17-11-30-18(9-28-19(30)10-27-17)12-2-4-13(5-3-12)21(24,25)26/h2-11H,1H3. The normalized spacial score (nSPS) is 11.7. The van der Waals surface area contributed by atoms with Crippen molar-refractivity contribution in [3.8, 4) is 11.3 Å². The maximum absolute atomic E-state index is 13.5. The number of amides is 1. The van der Waals surface area contributed by atoms with Gasteiger partial charge in [0.05, 0.1) is 23.7 Å². The second-order valence-corrected chi connectivity index (χ2v) is 6.68. The van der Waals surface area contributed by atoms with Crippen molar-refractivity contribution in [1.82, 2.24) is 14.4 Å². The minimum Gasteiger partial charge on any atom is -0.310 e. The number of anilines is 1. The lowest BCUT2D eigenvalue weighted by Crippen LogP contribution is -2.27. The van der Waals surface area contributed by atoms with Gasteiger partial charge in [0, 0.05) is 30.6 Å². The van der Waals surface area contributed by atoms with Crippen molar-refractivity contribution in [3.05, 3.63) is 83.9 Å². The first-order chi connectivity index (χ1) is 14.6. The van der Waals surface area contributed by atoms with Crippen molar-refractivity contribution in [2.45, 2.75) is 6.18 Å². The van der Waals surface area contributed by atoms with E-state index in [0.717, 1.165) is 29.2 Å². The summed E-state index contributed by atoms with van der Waals surface area (Å²) >= 11 is 0. The third kappa shape index (κ3) is 3.83. The summed E-state index contributed by atoms with van der Waals surface area (Å²) in [4.78, 5) is 22.1. The van der Waals surface area contributed by atoms with Gasteiger partial charge in [-0.2, -0.15) is 13.2 Å². The zero-order valence-corrected chi connectivity index (χ0v) is 15.9. The molecule has 1 amide bonds. The van der Waals surface area contributed by atoms with Crippen LogP contribution in [0.5, 0.6) is 0 Å². The smallest absolute Gasteiger partial charge is 0.310 e. The summed E-state index contributed by atoms with van der Waals surface area (Å²) in [7, 11) is 1.38. The second-order valence-electron chi connectivity index (χ2n) is 6.68. The van der Waals surface area contributed by atoms with Crippen LogP contribution in [0.25, 0.3) is 16.9 Å². The van der Waals surface area contributed by atoms with E-state index in [1.807, 2.05) is 0 Å². The number of fused-ring (bicyclic) bond motifs is 1. The fraction of sp³-hybridized carbons (Fsp3) is 0.0952. The van der Waals surface area contributed by atoms with Gasteiger partial charge in [-0.25, -0.2) is 18.7 Å². The highest BCUT2D eigenvalue weighted by Crippen LogP contribution is 2.31. The van der Waals surface area contributed by atoms with Crippen LogP contribution in [0.4, 0.5) is 27.6 Å². The molecule has 0 spiro atoms. The lowest BCUT2D eigenvalue weighted by atomic mass is 10.1. The quantitative estimate of drug-likeness (QED) is 0.430. The van der Waals surface area contributed by atoms with E-state index in [1.165, 1.54) is 48.2 Å². The summed E-state index contributed by atoms with van der Waals surface area (Å²) in [6.07, 6.45) is -0.285. The number of imidazole rings is 1. The predicted molar refractivity (Wildman–Crippen MR) is 103 cm³/mol. The summed E-state index contributed by atoms with van der Waals surface area (Å²) in [6, 6.07) is 7.57. The largest absolute Gasteiger partial charge is 0.416 e. The molecule has 0 atom stereocenters. The average Bonchev–Trinajstić information content (AvgIpc) is 3.17. The van der Waals surface area contributed by atoms with Crippen LogP contribution in [0, 0.1) is 11.6 Å². The van der Waals surface area contributed by atoms with E-state index in [4.69, 9.17) is 0 Å². The summed E-state index contributed by atoms with van der Waals surface area (Å²) in [5, 5.41) is 0. The number of hydrogen-bond acceptors (Lipinski definition) is 3. The molecule has 2 heterocycles. The molecule has 0 N–H and O–H groups in total. The van der Waals surface area contributed by atoms with Gasteiger partial charge >= 0.3 is 6.18 Å². The highest BCUT2D eigenvalue weighted by atomic mass is 19.4. The van der Waals surface area contributed by atoms with Gasteiger partial charge in [-0.3, -0.25) is 9.20 Å². The Kier molecular flexibility index (Phi) is 4.92. The van der Waals surface area contributed by atoms with Gasteiger partial charge in [0.1, 0.15) is 5.69 Å². The molecule has 0 aliphatic carbocycles. The van der Waals surface area contributed by atoms with Crippen molar-refractivity contribution in [2.75, 3.05) is 11.9 Å². The zero-order chi connectivity index (χ0) is 22.3. The Balaban J connectivity index is 1.69. The Bertz CT molecular complexity index is 1280. The van der Waals surface area contributed by atoms with Crippen LogP contribution in [0.3, 0.4) is 0 Å². The molecule has 4 aromatic rings. The van der Waals surface area contributed by atoms with Crippen LogP contribution in [0.1, 0.15) is 16.1 Å². The summed E-state index contributed by atoms with van der Waals surface area (Å²) in [5.74, 6) is -2.73. The lowest BCUT2D eigenvalue weighted by Gasteiger charge is -2.17. The Morgan fingerprint density at radius 1 is 0.968 bits per heavy atom. The molecule has 0 saturated carbocycles. The first-order valence-electron chi connectivity index (χ1n) is 8.89. The molecule has 0 aliphatic rings. The van der Waals surface area contributed by atoms with E-state index in [0.29, 0.717) is 16.9 Å². The zero-order valence-electron chi connectivity index (χ0n) is 15.9. The van der Waals surface area contributed by atoms with Crippen LogP contribution >= 0.6 is 0 Å². The van der Waals surface area contributed by atoms with E-state index < -0.39 is 29.3 Å². The molecule has 10 heteroatoms. The van der Waals surface area contributed by atoms with E-state index in [1.54, 1.807) is 0 Å². The molecule has 2 aromatic carbocycles. The second kappa shape index (κ2) is 7.46. The monoisotopic (exact) mass is 432 g/mol. The molecule has 0 unspecified atom stereocenters. The first-order valence-corrected chi connectivity index (χ1v) is 8.89. The lowest BCUT2D eigenvalue weighted by molar-refractivity contribution is -0.137. The molecule has 158 valence electrons. The predicted octanol–water partition coefficient (Wildman–Crippen LogP) is 4.97. The Hall–Kier alpha value is -3.82. The van der Waals surface area contributed by atoms with Crippen molar-refractivity contribution in [1.29, 1.82) is 0 Å². The minimum absolute atomic E-state index is 0.0223. The summed E-state index contributed by atoms with van der Waals surface area (Å²) in [6.45, 7) is 0. The molecule has 0 radical (unpaired) electrons. The third-order valence-electron chi connectivity index (χ3n) is 4.72. The molecule has 0 bridgehead atoms. The Morgan fingerprint density at radius 2 is 1.68 bits per heavy atom. The molecule has 0 fully saturated rings. The molecular formula is C21H13F5N4O. The number of rotatable bonds is 3. The number of aromatic nitrogens is 3. The SMILES string of the molecule is CN(C(=O)c1cn2c(-c3ccc(C(F)(F)F)cc3)cnc2cn1)c1ccc(F)c(F)c1. The number of halogens is 5. The van der Waals surface area contributed by atoms with Crippen LogP contribution in [-0.4, -0.2) is 27.3 Å². The molecule has 0 saturated heterocycles. The van der Waals surface area contributed by atoms with Crippen LogP contribution in [0.2, 0.25) is 0 Å². The number of benzene rings is 2. The van der Waals surface area contributed by atoms with Crippen molar-refractivity contribution < 1.29 is 26.7 Å². The first kappa shape index (κ1) is 20.5. The average molecular weight is 432 g/mol. The van der Waals surface area contributed by atoms with Crippen molar-refractivity contribution in [3.63, 3.8) is 0 Å². The number of carbonyl (C=O) groups excluding carboxylic acids is 1. The van der Waals surface area contributed by atoms with E-state index in [2.05, 4.69) is 9.97 Å². The van der Waals surface area contributed by atoms with Gasteiger partial charge in [0.15, 0.2) is 17.3 Å².